The molecule has 1 heterocycles. The summed E-state index contributed by atoms with van der Waals surface area (Å²) >= 11 is 5.40. The maximum absolute atomic E-state index is 3.61. The van der Waals surface area contributed by atoms with Crippen LogP contribution in [0.2, 0.25) is 0 Å². The van der Waals surface area contributed by atoms with E-state index in [9.17, 15) is 0 Å². The van der Waals surface area contributed by atoms with Gasteiger partial charge in [0.1, 0.15) is 0 Å². The van der Waals surface area contributed by atoms with Crippen molar-refractivity contribution in [3.8, 4) is 0 Å². The summed E-state index contributed by atoms with van der Waals surface area (Å²) in [5.41, 5.74) is 1.46. The Morgan fingerprint density at radius 3 is 2.93 bits per heavy atom. The normalized spacial score (nSPS) is 21.4. The van der Waals surface area contributed by atoms with Gasteiger partial charge < -0.3 is 5.32 Å². The molecule has 1 atom stereocenters. The zero-order valence-corrected chi connectivity index (χ0v) is 10.6. The molecule has 0 bridgehead atoms. The highest BCUT2D eigenvalue weighted by Gasteiger charge is 2.16. The average molecular weight is 272 g/mol. The molecule has 0 spiro atoms. The first-order valence-electron chi connectivity index (χ1n) is 4.85. The number of thioether (sulfide) groups is 1. The third kappa shape index (κ3) is 2.15. The van der Waals surface area contributed by atoms with Gasteiger partial charge in [-0.15, -0.1) is 11.8 Å². The van der Waals surface area contributed by atoms with Crippen molar-refractivity contribution in [3.05, 3.63) is 28.2 Å². The van der Waals surface area contributed by atoms with Crippen LogP contribution in [0.4, 0.5) is 0 Å². The summed E-state index contributed by atoms with van der Waals surface area (Å²) in [5, 5.41) is 3.40. The van der Waals surface area contributed by atoms with Crippen molar-refractivity contribution >= 4 is 27.7 Å². The number of nitrogens with one attached hydrogen (secondary N) is 1. The summed E-state index contributed by atoms with van der Waals surface area (Å²) in [7, 11) is 0. The zero-order valence-electron chi connectivity index (χ0n) is 8.22. The smallest absolute Gasteiger partial charge is 0.0313 e. The highest BCUT2D eigenvalue weighted by atomic mass is 79.9. The van der Waals surface area contributed by atoms with E-state index in [2.05, 4.69) is 45.7 Å². The van der Waals surface area contributed by atoms with Crippen LogP contribution < -0.4 is 5.32 Å². The van der Waals surface area contributed by atoms with Crippen LogP contribution >= 0.6 is 27.7 Å². The molecule has 1 aromatic carbocycles. The number of hydrogen-bond acceptors (Lipinski definition) is 2. The Labute approximate surface area is 97.8 Å². The van der Waals surface area contributed by atoms with E-state index < -0.39 is 0 Å². The second kappa shape index (κ2) is 4.69. The van der Waals surface area contributed by atoms with Crippen LogP contribution in [0.3, 0.4) is 0 Å². The van der Waals surface area contributed by atoms with E-state index in [1.807, 2.05) is 0 Å². The lowest BCUT2D eigenvalue weighted by Gasteiger charge is -2.10. The lowest BCUT2D eigenvalue weighted by Crippen LogP contribution is -2.07. The molecule has 0 saturated carbocycles. The molecule has 1 aliphatic heterocycles. The number of benzene rings is 1. The lowest BCUT2D eigenvalue weighted by atomic mass is 9.99. The van der Waals surface area contributed by atoms with E-state index in [0.29, 0.717) is 5.92 Å². The number of halogens is 1. The molecule has 1 nitrogen and oxygen atoms in total. The van der Waals surface area contributed by atoms with Crippen molar-refractivity contribution in [1.82, 2.24) is 5.32 Å². The average Bonchev–Trinajstić information content (AvgIpc) is 2.70. The highest BCUT2D eigenvalue weighted by Crippen LogP contribution is 2.31. The third-order valence-corrected chi connectivity index (χ3v) is 4.42. The maximum atomic E-state index is 3.61. The minimum Gasteiger partial charge on any atom is -0.316 e. The Balaban J connectivity index is 2.23. The maximum Gasteiger partial charge on any atom is 0.0313 e. The van der Waals surface area contributed by atoms with Crippen LogP contribution in [-0.2, 0) is 0 Å². The molecule has 2 rings (SSSR count). The molecule has 3 heteroatoms. The summed E-state index contributed by atoms with van der Waals surface area (Å²) in [4.78, 5) is 1.32. The van der Waals surface area contributed by atoms with Gasteiger partial charge in [-0.2, -0.15) is 0 Å². The molecule has 1 aromatic rings. The molecule has 1 saturated heterocycles. The van der Waals surface area contributed by atoms with Crippen molar-refractivity contribution in [1.29, 1.82) is 0 Å². The predicted octanol–water partition coefficient (Wildman–Crippen LogP) is 3.25. The van der Waals surface area contributed by atoms with E-state index in [1.54, 1.807) is 11.8 Å². The Morgan fingerprint density at radius 1 is 1.50 bits per heavy atom. The van der Waals surface area contributed by atoms with Gasteiger partial charge in [-0.05, 0) is 58.8 Å². The van der Waals surface area contributed by atoms with Crippen molar-refractivity contribution in [2.24, 2.45) is 0 Å². The van der Waals surface area contributed by atoms with Gasteiger partial charge in [0.15, 0.2) is 0 Å². The van der Waals surface area contributed by atoms with E-state index in [4.69, 9.17) is 0 Å². The van der Waals surface area contributed by atoms with Gasteiger partial charge in [-0.3, -0.25) is 0 Å². The van der Waals surface area contributed by atoms with Gasteiger partial charge in [0.25, 0.3) is 0 Å². The summed E-state index contributed by atoms with van der Waals surface area (Å²) in [6.07, 6.45) is 3.38. The van der Waals surface area contributed by atoms with Crippen LogP contribution in [0, 0.1) is 0 Å². The first kappa shape index (κ1) is 10.5. The van der Waals surface area contributed by atoms with Crippen molar-refractivity contribution in [2.45, 2.75) is 17.2 Å². The summed E-state index contributed by atoms with van der Waals surface area (Å²) in [6, 6.07) is 6.74. The van der Waals surface area contributed by atoms with Crippen molar-refractivity contribution in [3.63, 3.8) is 0 Å². The molecule has 1 N–H and O–H groups in total. The first-order valence-corrected chi connectivity index (χ1v) is 6.87. The fraction of sp³-hybridized carbons (Fsp3) is 0.455. The zero-order chi connectivity index (χ0) is 9.97. The second-order valence-corrected chi connectivity index (χ2v) is 5.29. The monoisotopic (exact) mass is 271 g/mol. The Kier molecular flexibility index (Phi) is 3.52. The Hall–Kier alpha value is 0.01000. The SMILES string of the molecule is CSc1ccc(C2CCNC2)cc1Br. The minimum absolute atomic E-state index is 0.710. The van der Waals surface area contributed by atoms with E-state index in [-0.39, 0.29) is 0 Å². The van der Waals surface area contributed by atoms with E-state index in [1.165, 1.54) is 21.4 Å². The largest absolute Gasteiger partial charge is 0.316 e. The quantitative estimate of drug-likeness (QED) is 0.829. The van der Waals surface area contributed by atoms with Gasteiger partial charge in [0, 0.05) is 15.9 Å². The minimum atomic E-state index is 0.710. The van der Waals surface area contributed by atoms with Gasteiger partial charge in [-0.25, -0.2) is 0 Å². The van der Waals surface area contributed by atoms with Crippen LogP contribution in [-0.4, -0.2) is 19.3 Å². The van der Waals surface area contributed by atoms with Crippen LogP contribution in [0.25, 0.3) is 0 Å². The standard InChI is InChI=1S/C11H14BrNS/c1-14-11-3-2-8(6-10(11)12)9-4-5-13-7-9/h2-3,6,9,13H,4-5,7H2,1H3. The fourth-order valence-corrected chi connectivity index (χ4v) is 3.22. The molecule has 14 heavy (non-hydrogen) atoms. The first-order chi connectivity index (χ1) is 6.81. The summed E-state index contributed by atoms with van der Waals surface area (Å²) in [5.74, 6) is 0.710. The van der Waals surface area contributed by atoms with Crippen LogP contribution in [0.1, 0.15) is 17.9 Å². The molecule has 1 aliphatic rings. The molecule has 1 fully saturated rings. The highest BCUT2D eigenvalue weighted by molar-refractivity contribution is 9.10. The van der Waals surface area contributed by atoms with Crippen molar-refractivity contribution in [2.75, 3.05) is 19.3 Å². The Bertz CT molecular complexity index is 321. The second-order valence-electron chi connectivity index (χ2n) is 3.58. The van der Waals surface area contributed by atoms with E-state index >= 15 is 0 Å². The molecule has 0 amide bonds. The molecular weight excluding hydrogens is 258 g/mol. The molecule has 0 aliphatic carbocycles. The van der Waals surface area contributed by atoms with Gasteiger partial charge in [0.2, 0.25) is 0 Å². The summed E-state index contributed by atoms with van der Waals surface area (Å²) < 4.78 is 1.23. The molecular formula is C11H14BrNS. The summed E-state index contributed by atoms with van der Waals surface area (Å²) in [6.45, 7) is 2.29. The number of rotatable bonds is 2. The lowest BCUT2D eigenvalue weighted by molar-refractivity contribution is 0.762. The van der Waals surface area contributed by atoms with Crippen LogP contribution in [0.5, 0.6) is 0 Å². The van der Waals surface area contributed by atoms with Gasteiger partial charge in [0.05, 0.1) is 0 Å². The van der Waals surface area contributed by atoms with Gasteiger partial charge >= 0.3 is 0 Å². The topological polar surface area (TPSA) is 12.0 Å². The van der Waals surface area contributed by atoms with Crippen LogP contribution in [0.15, 0.2) is 27.6 Å². The van der Waals surface area contributed by atoms with Crippen molar-refractivity contribution < 1.29 is 0 Å². The Morgan fingerprint density at radius 2 is 2.36 bits per heavy atom. The van der Waals surface area contributed by atoms with Gasteiger partial charge in [-0.1, -0.05) is 6.07 Å². The number of hydrogen-bond donors (Lipinski definition) is 1. The molecule has 1 unspecified atom stereocenters. The molecule has 76 valence electrons. The predicted molar refractivity (Wildman–Crippen MR) is 66.2 cm³/mol. The van der Waals surface area contributed by atoms with E-state index in [0.717, 1.165) is 13.1 Å². The molecule has 0 aromatic heterocycles. The fourth-order valence-electron chi connectivity index (χ4n) is 1.88. The third-order valence-electron chi connectivity index (χ3n) is 2.71. The molecule has 0 radical (unpaired) electrons.